The predicted molar refractivity (Wildman–Crippen MR) is 85.7 cm³/mol. The summed E-state index contributed by atoms with van der Waals surface area (Å²) in [6.07, 6.45) is 7.02. The topological polar surface area (TPSA) is 38.3 Å². The van der Waals surface area contributed by atoms with Gasteiger partial charge >= 0.3 is 0 Å². The molecule has 0 unspecified atom stereocenters. The number of carbonyl (C=O) groups excluding carboxylic acids is 1. The van der Waals surface area contributed by atoms with Gasteiger partial charge in [-0.2, -0.15) is 0 Å². The van der Waals surface area contributed by atoms with Crippen LogP contribution in [0.3, 0.4) is 0 Å². The molecule has 114 valence electrons. The average molecular weight is 308 g/mol. The van der Waals surface area contributed by atoms with E-state index >= 15 is 0 Å². The molecule has 0 bridgehead atoms. The van der Waals surface area contributed by atoms with Gasteiger partial charge in [-0.1, -0.05) is 42.3 Å². The molecule has 1 aromatic carbocycles. The SMILES string of the molecule is CC[C@H](Oc1ccccc1Cl)C(=O)NCC1=CCCCC1. The fourth-order valence-electron chi connectivity index (χ4n) is 2.40. The van der Waals surface area contributed by atoms with Crippen LogP contribution in [0.25, 0.3) is 0 Å². The van der Waals surface area contributed by atoms with Crippen molar-refractivity contribution in [3.63, 3.8) is 0 Å². The van der Waals surface area contributed by atoms with Crippen molar-refractivity contribution >= 4 is 17.5 Å². The Morgan fingerprint density at radius 1 is 1.38 bits per heavy atom. The molecule has 0 heterocycles. The van der Waals surface area contributed by atoms with Crippen molar-refractivity contribution < 1.29 is 9.53 Å². The van der Waals surface area contributed by atoms with Crippen molar-refractivity contribution in [2.45, 2.75) is 45.1 Å². The Morgan fingerprint density at radius 3 is 2.86 bits per heavy atom. The van der Waals surface area contributed by atoms with Gasteiger partial charge in [0.25, 0.3) is 5.91 Å². The van der Waals surface area contributed by atoms with E-state index < -0.39 is 6.10 Å². The molecular formula is C17H22ClNO2. The van der Waals surface area contributed by atoms with E-state index in [1.54, 1.807) is 12.1 Å². The molecule has 0 saturated carbocycles. The van der Waals surface area contributed by atoms with Gasteiger partial charge in [0.05, 0.1) is 5.02 Å². The highest BCUT2D eigenvalue weighted by Gasteiger charge is 2.19. The number of amides is 1. The molecule has 1 atom stereocenters. The fourth-order valence-corrected chi connectivity index (χ4v) is 2.58. The number of nitrogens with one attached hydrogen (secondary N) is 1. The molecule has 1 amide bonds. The molecule has 0 radical (unpaired) electrons. The van der Waals surface area contributed by atoms with E-state index in [9.17, 15) is 4.79 Å². The second-order valence-corrected chi connectivity index (χ2v) is 5.68. The lowest BCUT2D eigenvalue weighted by Crippen LogP contribution is -2.39. The summed E-state index contributed by atoms with van der Waals surface area (Å²) >= 11 is 6.06. The van der Waals surface area contributed by atoms with Crippen LogP contribution in [0, 0.1) is 0 Å². The number of allylic oxidation sites excluding steroid dienone is 1. The smallest absolute Gasteiger partial charge is 0.261 e. The molecule has 1 aromatic rings. The number of hydrogen-bond acceptors (Lipinski definition) is 2. The summed E-state index contributed by atoms with van der Waals surface area (Å²) in [7, 11) is 0. The predicted octanol–water partition coefficient (Wildman–Crippen LogP) is 4.11. The molecule has 2 rings (SSSR count). The van der Waals surface area contributed by atoms with Crippen LogP contribution >= 0.6 is 11.6 Å². The molecule has 3 nitrogen and oxygen atoms in total. The summed E-state index contributed by atoms with van der Waals surface area (Å²) in [6, 6.07) is 7.22. The van der Waals surface area contributed by atoms with Crippen LogP contribution in [0.1, 0.15) is 39.0 Å². The van der Waals surface area contributed by atoms with Crippen LogP contribution in [0.5, 0.6) is 5.75 Å². The Bertz CT molecular complexity index is 513. The number of halogens is 1. The second-order valence-electron chi connectivity index (χ2n) is 5.27. The first-order chi connectivity index (χ1) is 10.2. The van der Waals surface area contributed by atoms with E-state index in [1.165, 1.54) is 18.4 Å². The maximum atomic E-state index is 12.2. The van der Waals surface area contributed by atoms with E-state index in [-0.39, 0.29) is 5.91 Å². The van der Waals surface area contributed by atoms with E-state index in [0.717, 1.165) is 12.8 Å². The molecule has 0 aliphatic heterocycles. The number of ether oxygens (including phenoxy) is 1. The Labute approximate surface area is 131 Å². The van der Waals surface area contributed by atoms with Crippen molar-refractivity contribution in [2.24, 2.45) is 0 Å². The number of hydrogen-bond donors (Lipinski definition) is 1. The minimum atomic E-state index is -0.505. The molecule has 0 fully saturated rings. The van der Waals surface area contributed by atoms with Crippen molar-refractivity contribution in [3.05, 3.63) is 40.9 Å². The van der Waals surface area contributed by atoms with Crippen LogP contribution < -0.4 is 10.1 Å². The van der Waals surface area contributed by atoms with Gasteiger partial charge in [-0.15, -0.1) is 0 Å². The number of para-hydroxylation sites is 1. The van der Waals surface area contributed by atoms with E-state index in [4.69, 9.17) is 16.3 Å². The zero-order chi connectivity index (χ0) is 15.1. The first kappa shape index (κ1) is 15.9. The van der Waals surface area contributed by atoms with E-state index in [0.29, 0.717) is 23.7 Å². The molecule has 4 heteroatoms. The number of carbonyl (C=O) groups is 1. The fraction of sp³-hybridized carbons (Fsp3) is 0.471. The zero-order valence-electron chi connectivity index (χ0n) is 12.4. The summed E-state index contributed by atoms with van der Waals surface area (Å²) < 4.78 is 5.73. The Balaban J connectivity index is 1.89. The third-order valence-electron chi connectivity index (χ3n) is 3.64. The standard InChI is InChI=1S/C17H22ClNO2/c1-2-15(21-16-11-7-6-10-14(16)18)17(20)19-12-13-8-4-3-5-9-13/h6-8,10-11,15H,2-5,9,12H2,1H3,(H,19,20)/t15-/m0/s1. The van der Waals surface area contributed by atoms with Crippen molar-refractivity contribution in [1.82, 2.24) is 5.32 Å². The minimum Gasteiger partial charge on any atom is -0.479 e. The third kappa shape index (κ3) is 4.78. The van der Waals surface area contributed by atoms with Crippen LogP contribution in [0.4, 0.5) is 0 Å². The number of rotatable bonds is 6. The summed E-state index contributed by atoms with van der Waals surface area (Å²) in [5.74, 6) is 0.474. The van der Waals surface area contributed by atoms with Crippen LogP contribution in [0.15, 0.2) is 35.9 Å². The van der Waals surface area contributed by atoms with Gasteiger partial charge in [0, 0.05) is 6.54 Å². The average Bonchev–Trinajstić information content (AvgIpc) is 2.53. The molecule has 1 aliphatic rings. The lowest BCUT2D eigenvalue weighted by molar-refractivity contribution is -0.127. The monoisotopic (exact) mass is 307 g/mol. The molecule has 0 saturated heterocycles. The first-order valence-corrected chi connectivity index (χ1v) is 7.95. The maximum Gasteiger partial charge on any atom is 0.261 e. The van der Waals surface area contributed by atoms with Gasteiger partial charge in [0.15, 0.2) is 6.10 Å². The number of benzene rings is 1. The van der Waals surface area contributed by atoms with E-state index in [1.807, 2.05) is 19.1 Å². The molecule has 1 aliphatic carbocycles. The molecule has 1 N–H and O–H groups in total. The van der Waals surface area contributed by atoms with Gasteiger partial charge in [0.1, 0.15) is 5.75 Å². The molecule has 0 spiro atoms. The summed E-state index contributed by atoms with van der Waals surface area (Å²) in [4.78, 5) is 12.2. The van der Waals surface area contributed by atoms with Gasteiger partial charge in [-0.3, -0.25) is 4.79 Å². The quantitative estimate of drug-likeness (QED) is 0.803. The zero-order valence-corrected chi connectivity index (χ0v) is 13.2. The highest BCUT2D eigenvalue weighted by Crippen LogP contribution is 2.25. The maximum absolute atomic E-state index is 12.2. The highest BCUT2D eigenvalue weighted by atomic mass is 35.5. The van der Waals surface area contributed by atoms with Crippen molar-refractivity contribution in [3.8, 4) is 5.75 Å². The molecular weight excluding hydrogens is 286 g/mol. The Morgan fingerprint density at radius 2 is 2.19 bits per heavy atom. The largest absolute Gasteiger partial charge is 0.479 e. The lowest BCUT2D eigenvalue weighted by Gasteiger charge is -2.19. The molecule has 21 heavy (non-hydrogen) atoms. The summed E-state index contributed by atoms with van der Waals surface area (Å²) in [5, 5.41) is 3.49. The van der Waals surface area contributed by atoms with E-state index in [2.05, 4.69) is 11.4 Å². The van der Waals surface area contributed by atoms with Crippen LogP contribution in [0.2, 0.25) is 5.02 Å². The van der Waals surface area contributed by atoms with Gasteiger partial charge < -0.3 is 10.1 Å². The second kappa shape index (κ2) is 8.08. The van der Waals surface area contributed by atoms with Gasteiger partial charge in [0.2, 0.25) is 0 Å². The first-order valence-electron chi connectivity index (χ1n) is 7.57. The van der Waals surface area contributed by atoms with Crippen molar-refractivity contribution in [1.29, 1.82) is 0 Å². The molecule has 0 aromatic heterocycles. The van der Waals surface area contributed by atoms with Gasteiger partial charge in [-0.05, 0) is 44.2 Å². The summed E-state index contributed by atoms with van der Waals surface area (Å²) in [5.41, 5.74) is 1.32. The normalized spacial score (nSPS) is 16.0. The lowest BCUT2D eigenvalue weighted by atomic mass is 10.00. The van der Waals surface area contributed by atoms with Crippen LogP contribution in [-0.4, -0.2) is 18.6 Å². The minimum absolute atomic E-state index is 0.0797. The van der Waals surface area contributed by atoms with Crippen molar-refractivity contribution in [2.75, 3.05) is 6.54 Å². The Kier molecular flexibility index (Phi) is 6.12. The van der Waals surface area contributed by atoms with Crippen LogP contribution in [-0.2, 0) is 4.79 Å². The van der Waals surface area contributed by atoms with Gasteiger partial charge in [-0.25, -0.2) is 0 Å². The Hall–Kier alpha value is -1.48. The highest BCUT2D eigenvalue weighted by molar-refractivity contribution is 6.32. The summed E-state index contributed by atoms with van der Waals surface area (Å²) in [6.45, 7) is 2.56. The third-order valence-corrected chi connectivity index (χ3v) is 3.96.